The third-order valence-corrected chi connectivity index (χ3v) is 24.4. The van der Waals surface area contributed by atoms with E-state index in [-0.39, 0.29) is 64.7 Å². The van der Waals surface area contributed by atoms with Crippen LogP contribution in [0.1, 0.15) is 154 Å². The predicted molar refractivity (Wildman–Crippen MR) is 459 cm³/mol. The standard InChI is InChI=1S/C27H33BN2O5.C21H21BrN2O3.C20H18Br2N2O3.C7H5Br3.C7H6Br2/c1-17(31)33-16-21-22(28-34-26(5,6)27(7,8)35-28)10-9-11-23(21)30-24(32)20-13-12-19(25(2,3)4)14-18(20)15-29-30;1-13(25)27-12-17-18(22)6-5-7-19(17)24-20(26)16-9-8-15(21(2,3)4)10-14(16)11-23-24;1-11(25)27-10-16-17(21)7-14(8-18(16)22)20(2,3)13-4-5-15-12(6-13)9-23-24-19(15)26;8-4-5-6(9)2-1-3-7(5)10;1-5-6(8)3-2-4-7(5)9/h9-15H,16H2,1-8H3;5-11H,12H2,1-4H3;4-9H,10H2,1-3H3,(H,24,26);1-3H,4H2;2-4H,1H3. The minimum Gasteiger partial charge on any atom is -0.461 e. The van der Waals surface area contributed by atoms with Gasteiger partial charge in [0.05, 0.1) is 57.3 Å². The van der Waals surface area contributed by atoms with Crippen LogP contribution in [0, 0.1) is 6.92 Å². The minimum atomic E-state index is -0.684. The van der Waals surface area contributed by atoms with Crippen molar-refractivity contribution < 1.29 is 37.9 Å². The Labute approximate surface area is 696 Å². The maximum atomic E-state index is 13.5. The molecule has 1 fully saturated rings. The highest BCUT2D eigenvalue weighted by molar-refractivity contribution is 9.12. The van der Waals surface area contributed by atoms with Gasteiger partial charge in [-0.05, 0) is 175 Å². The quantitative estimate of drug-likeness (QED) is 0.0522. The number of H-pyrrole nitrogens is 1. The number of nitrogens with zero attached hydrogens (tertiary/aromatic N) is 5. The predicted octanol–water partition coefficient (Wildman–Crippen LogP) is 21.0. The molecule has 11 aromatic rings. The lowest BCUT2D eigenvalue weighted by Gasteiger charge is -2.32. The number of aromatic nitrogens is 6. The van der Waals surface area contributed by atoms with Crippen LogP contribution in [0.4, 0.5) is 0 Å². The Morgan fingerprint density at radius 1 is 0.463 bits per heavy atom. The fraction of sp³-hybridized carbons (Fsp3) is 0.305. The van der Waals surface area contributed by atoms with Gasteiger partial charge in [0, 0.05) is 95.7 Å². The van der Waals surface area contributed by atoms with Crippen LogP contribution in [-0.4, -0.2) is 66.0 Å². The number of carbonyl (C=O) groups is 3. The molecule has 12 rings (SSSR count). The summed E-state index contributed by atoms with van der Waals surface area (Å²) in [5, 5.41) is 20.2. The van der Waals surface area contributed by atoms with E-state index in [0.29, 0.717) is 44.1 Å². The van der Waals surface area contributed by atoms with Crippen molar-refractivity contribution in [3.8, 4) is 11.4 Å². The maximum absolute atomic E-state index is 13.5. The average Bonchev–Trinajstić information content (AvgIpc) is 1.22. The highest BCUT2D eigenvalue weighted by Crippen LogP contribution is 2.40. The first kappa shape index (κ1) is 87.0. The molecule has 0 radical (unpaired) electrons. The average molecular weight is 1980 g/mol. The zero-order valence-corrected chi connectivity index (χ0v) is 75.4. The van der Waals surface area contributed by atoms with Crippen LogP contribution in [0.2, 0.25) is 0 Å². The molecule has 1 aliphatic heterocycles. The van der Waals surface area contributed by atoms with E-state index in [9.17, 15) is 28.8 Å². The number of rotatable bonds is 12. The highest BCUT2D eigenvalue weighted by Gasteiger charge is 2.52. The van der Waals surface area contributed by atoms with Gasteiger partial charge in [-0.25, -0.2) is 5.10 Å². The van der Waals surface area contributed by atoms with Gasteiger partial charge in [-0.1, -0.05) is 231 Å². The molecule has 8 aromatic carbocycles. The van der Waals surface area contributed by atoms with Crippen LogP contribution >= 0.6 is 127 Å². The van der Waals surface area contributed by atoms with Crippen molar-refractivity contribution in [2.45, 2.75) is 163 Å². The Morgan fingerprint density at radius 3 is 1.28 bits per heavy atom. The molecule has 1 saturated heterocycles. The topological polar surface area (TPSA) is 213 Å². The van der Waals surface area contributed by atoms with Gasteiger partial charge in [0.25, 0.3) is 16.7 Å². The van der Waals surface area contributed by atoms with E-state index in [4.69, 9.17) is 23.5 Å². The Morgan fingerprint density at radius 2 is 0.843 bits per heavy atom. The normalized spacial score (nSPS) is 13.1. The second-order valence-corrected chi connectivity index (χ2v) is 35.6. The van der Waals surface area contributed by atoms with E-state index in [1.165, 1.54) is 41.3 Å². The molecule has 3 aromatic heterocycles. The SMILES string of the molecule is BrCc1c(Br)cccc1Br.CC(=O)OCc1c(B2OC(C)(C)C(C)(C)O2)cccc1-n1ncc2cc(C(C)(C)C)ccc2c1=O.CC(=O)OCc1c(Br)cc(C(C)(C)c2ccc3c(=O)[nH]ncc3c2)cc1Br.CC(=O)OCc1c(Br)cccc1-n1ncc2cc(C(C)(C)C)ccc2c1=O.Cc1c(Br)cccc1Br. The Kier molecular flexibility index (Phi) is 29.6. The first-order valence-corrected chi connectivity index (χ1v) is 40.8. The van der Waals surface area contributed by atoms with Gasteiger partial charge in [-0.3, -0.25) is 28.8 Å². The van der Waals surface area contributed by atoms with E-state index in [1.807, 2.05) is 155 Å². The van der Waals surface area contributed by atoms with Crippen molar-refractivity contribution in [3.05, 3.63) is 271 Å². The molecule has 26 heteroatoms. The summed E-state index contributed by atoms with van der Waals surface area (Å²) in [5.74, 6) is -1.13. The third-order valence-electron chi connectivity index (χ3n) is 18.5. The molecule has 0 unspecified atom stereocenters. The number of halogens is 8. The lowest BCUT2D eigenvalue weighted by Crippen LogP contribution is -2.41. The molecule has 0 spiro atoms. The zero-order valence-electron chi connectivity index (χ0n) is 62.7. The van der Waals surface area contributed by atoms with Gasteiger partial charge in [-0.2, -0.15) is 24.7 Å². The summed E-state index contributed by atoms with van der Waals surface area (Å²) in [7, 11) is -0.684. The first-order valence-electron chi connectivity index (χ1n) is 34.1. The molecular formula is C82H83BBr8N6O11. The monoisotopic (exact) mass is 1970 g/mol. The molecule has 4 heterocycles. The van der Waals surface area contributed by atoms with Crippen molar-refractivity contribution in [3.63, 3.8) is 0 Å². The van der Waals surface area contributed by atoms with Crippen LogP contribution in [0.25, 0.3) is 43.7 Å². The van der Waals surface area contributed by atoms with E-state index in [2.05, 4.69) is 210 Å². The molecule has 1 aliphatic rings. The fourth-order valence-electron chi connectivity index (χ4n) is 11.1. The molecule has 0 bridgehead atoms. The van der Waals surface area contributed by atoms with Crippen LogP contribution < -0.4 is 22.1 Å². The van der Waals surface area contributed by atoms with Crippen molar-refractivity contribution in [1.82, 2.24) is 29.8 Å². The van der Waals surface area contributed by atoms with Crippen molar-refractivity contribution in [1.29, 1.82) is 0 Å². The summed E-state index contributed by atoms with van der Waals surface area (Å²) in [6.45, 7) is 31.3. The summed E-state index contributed by atoms with van der Waals surface area (Å²) in [4.78, 5) is 72.5. The first-order chi connectivity index (χ1) is 50.6. The maximum Gasteiger partial charge on any atom is 0.495 e. The number of esters is 3. The van der Waals surface area contributed by atoms with Crippen LogP contribution in [0.5, 0.6) is 0 Å². The summed E-state index contributed by atoms with van der Waals surface area (Å²) < 4.78 is 37.9. The van der Waals surface area contributed by atoms with Crippen molar-refractivity contribution in [2.24, 2.45) is 0 Å². The van der Waals surface area contributed by atoms with E-state index < -0.39 is 24.3 Å². The highest BCUT2D eigenvalue weighted by atomic mass is 79.9. The largest absolute Gasteiger partial charge is 0.495 e. The number of hydrogen-bond donors (Lipinski definition) is 1. The smallest absolute Gasteiger partial charge is 0.461 e. The van der Waals surface area contributed by atoms with E-state index in [1.54, 1.807) is 30.7 Å². The zero-order chi connectivity index (χ0) is 79.7. The molecule has 1 N–H and O–H groups in total. The van der Waals surface area contributed by atoms with Gasteiger partial charge in [-0.15, -0.1) is 0 Å². The summed E-state index contributed by atoms with van der Waals surface area (Å²) in [6.07, 6.45) is 5.05. The number of alkyl halides is 1. The molecule has 17 nitrogen and oxygen atoms in total. The number of fused-ring (bicyclic) bond motifs is 3. The number of aromatic amines is 1. The molecular weight excluding hydrogens is 1890 g/mol. The van der Waals surface area contributed by atoms with Gasteiger partial charge >= 0.3 is 25.0 Å². The lowest BCUT2D eigenvalue weighted by atomic mass is 9.75. The summed E-state index contributed by atoms with van der Waals surface area (Å²) in [6, 6.07) is 44.6. The fourth-order valence-corrected chi connectivity index (χ4v) is 16.6. The number of benzene rings is 8. The van der Waals surface area contributed by atoms with Crippen molar-refractivity contribution >= 4 is 190 Å². The lowest BCUT2D eigenvalue weighted by molar-refractivity contribution is -0.143. The van der Waals surface area contributed by atoms with Gasteiger partial charge in [0.2, 0.25) is 0 Å². The van der Waals surface area contributed by atoms with Gasteiger partial charge < -0.3 is 23.5 Å². The molecule has 0 saturated carbocycles. The number of nitrogens with one attached hydrogen (secondary N) is 1. The van der Waals surface area contributed by atoms with Gasteiger partial charge in [0.1, 0.15) is 19.8 Å². The molecule has 0 atom stereocenters. The summed E-state index contributed by atoms with van der Waals surface area (Å²) >= 11 is 27.8. The van der Waals surface area contributed by atoms with E-state index in [0.717, 1.165) is 80.6 Å². The second-order valence-electron chi connectivity index (χ2n) is 29.1. The minimum absolute atomic E-state index is 0.00938. The Balaban J connectivity index is 0.000000183. The number of ether oxygens (including phenoxy) is 3. The van der Waals surface area contributed by atoms with Crippen LogP contribution in [0.3, 0.4) is 0 Å². The third kappa shape index (κ3) is 21.3. The summed E-state index contributed by atoms with van der Waals surface area (Å²) in [5.41, 5.74) is 8.75. The molecule has 108 heavy (non-hydrogen) atoms. The van der Waals surface area contributed by atoms with Crippen molar-refractivity contribution in [2.75, 3.05) is 0 Å². The van der Waals surface area contributed by atoms with Crippen LogP contribution in [0.15, 0.2) is 204 Å². The van der Waals surface area contributed by atoms with Gasteiger partial charge in [0.15, 0.2) is 0 Å². The molecule has 566 valence electrons. The van der Waals surface area contributed by atoms with Crippen LogP contribution in [-0.2, 0) is 79.3 Å². The molecule has 0 amide bonds. The number of hydrogen-bond acceptors (Lipinski definition) is 14. The Bertz CT molecular complexity index is 5300. The van der Waals surface area contributed by atoms with E-state index >= 15 is 0 Å². The number of carbonyl (C=O) groups excluding carboxylic acids is 3. The molecule has 0 aliphatic carbocycles. The second kappa shape index (κ2) is 36.7. The Hall–Kier alpha value is -6.59.